The molecule has 224 valence electrons. The van der Waals surface area contributed by atoms with Crippen LogP contribution < -0.4 is 25.9 Å². The maximum Gasteiger partial charge on any atom is 0.276 e. The number of hydrogen-bond acceptors (Lipinski definition) is 8. The fourth-order valence-corrected chi connectivity index (χ4v) is 4.94. The number of hydrogen-bond donors (Lipinski definition) is 3. The number of nitrogens with two attached hydrogens (primary N) is 1. The molecule has 0 radical (unpaired) electrons. The molecular weight excluding hydrogens is 534 g/mol. The summed E-state index contributed by atoms with van der Waals surface area (Å²) in [6.07, 6.45) is 0. The first-order valence-electron chi connectivity index (χ1n) is 14.2. The summed E-state index contributed by atoms with van der Waals surface area (Å²) in [4.78, 5) is 29.0. The number of carbonyl (C=O) groups excluding carboxylic acids is 2. The van der Waals surface area contributed by atoms with Gasteiger partial charge in [-0.15, -0.1) is 0 Å². The zero-order valence-electron chi connectivity index (χ0n) is 25.1. The lowest BCUT2D eigenvalue weighted by Crippen LogP contribution is -2.38. The summed E-state index contributed by atoms with van der Waals surface area (Å²) in [5, 5.41) is 11.2. The summed E-state index contributed by atoms with van der Waals surface area (Å²) in [6, 6.07) is 14.9. The molecule has 0 aromatic heterocycles. The molecule has 1 aliphatic heterocycles. The van der Waals surface area contributed by atoms with Crippen LogP contribution in [0.1, 0.15) is 49.2 Å². The molecule has 1 saturated heterocycles. The topological polar surface area (TPSA) is 128 Å². The molecule has 4 N–H and O–H groups in total. The highest BCUT2D eigenvalue weighted by Gasteiger charge is 2.26. The Hall–Kier alpha value is -4.15. The minimum Gasteiger partial charge on any atom is -0.494 e. The molecule has 0 saturated carbocycles. The van der Waals surface area contributed by atoms with Crippen molar-refractivity contribution in [1.82, 2.24) is 10.2 Å². The molecule has 1 heterocycles. The molecular formula is C32H41N5O5. The van der Waals surface area contributed by atoms with Crippen LogP contribution in [0.2, 0.25) is 0 Å². The Morgan fingerprint density at radius 2 is 1.76 bits per heavy atom. The van der Waals surface area contributed by atoms with Crippen molar-refractivity contribution < 1.29 is 23.8 Å². The number of nitrogens with one attached hydrogen (secondary N) is 2. The summed E-state index contributed by atoms with van der Waals surface area (Å²) in [6.45, 7) is 13.0. The van der Waals surface area contributed by atoms with Crippen LogP contribution in [0.25, 0.3) is 10.8 Å². The number of benzene rings is 3. The predicted molar refractivity (Wildman–Crippen MR) is 166 cm³/mol. The Morgan fingerprint density at radius 1 is 1.05 bits per heavy atom. The Balaban J connectivity index is 1.64. The number of methoxy groups -OCH3 is 1. The molecule has 3 aromatic carbocycles. The summed E-state index contributed by atoms with van der Waals surface area (Å²) in [5.74, 6) is 5.97. The van der Waals surface area contributed by atoms with E-state index in [2.05, 4.69) is 20.6 Å². The van der Waals surface area contributed by atoms with Crippen molar-refractivity contribution in [3.8, 4) is 11.5 Å². The van der Waals surface area contributed by atoms with Crippen molar-refractivity contribution in [3.63, 3.8) is 0 Å². The number of carbonyl (C=O) groups is 2. The smallest absolute Gasteiger partial charge is 0.276 e. The summed E-state index contributed by atoms with van der Waals surface area (Å²) in [7, 11) is 1.47. The fourth-order valence-electron chi connectivity index (χ4n) is 4.94. The third-order valence-electron chi connectivity index (χ3n) is 7.24. The molecule has 10 nitrogen and oxygen atoms in total. The molecule has 0 bridgehead atoms. The van der Waals surface area contributed by atoms with E-state index < -0.39 is 5.91 Å². The van der Waals surface area contributed by atoms with E-state index in [1.807, 2.05) is 64.1 Å². The van der Waals surface area contributed by atoms with Crippen molar-refractivity contribution >= 4 is 34.0 Å². The number of morpholine rings is 1. The third-order valence-corrected chi connectivity index (χ3v) is 7.24. The number of fused-ring (bicyclic) bond motifs is 1. The van der Waals surface area contributed by atoms with Crippen LogP contribution >= 0.6 is 0 Å². The lowest BCUT2D eigenvalue weighted by Gasteiger charge is -2.26. The Kier molecular flexibility index (Phi) is 10.0. The maximum atomic E-state index is 13.7. The van der Waals surface area contributed by atoms with E-state index in [0.717, 1.165) is 49.2 Å². The normalized spacial score (nSPS) is 14.5. The SMILES string of the molecule is CCNC(=O)c1cc(C(C)(C)C)cc(NC(=O)/C(=N\N)c2ccc(OCCN3CCOCC3)c3ccccc23)c1OC. The van der Waals surface area contributed by atoms with E-state index in [4.69, 9.17) is 20.1 Å². The molecule has 0 atom stereocenters. The van der Waals surface area contributed by atoms with E-state index in [-0.39, 0.29) is 22.8 Å². The second kappa shape index (κ2) is 13.7. The zero-order valence-corrected chi connectivity index (χ0v) is 25.1. The number of nitrogens with zero attached hydrogens (tertiary/aromatic N) is 2. The van der Waals surface area contributed by atoms with E-state index in [1.165, 1.54) is 7.11 Å². The van der Waals surface area contributed by atoms with Gasteiger partial charge in [0.2, 0.25) is 0 Å². The van der Waals surface area contributed by atoms with Gasteiger partial charge in [-0.25, -0.2) is 0 Å². The van der Waals surface area contributed by atoms with Crippen LogP contribution in [-0.4, -0.2) is 75.5 Å². The molecule has 10 heteroatoms. The van der Waals surface area contributed by atoms with Crippen LogP contribution in [0.5, 0.6) is 11.5 Å². The quantitative estimate of drug-likeness (QED) is 0.190. The van der Waals surface area contributed by atoms with Gasteiger partial charge < -0.3 is 30.7 Å². The average Bonchev–Trinajstić information content (AvgIpc) is 2.98. The largest absolute Gasteiger partial charge is 0.494 e. The first-order chi connectivity index (χ1) is 20.2. The van der Waals surface area contributed by atoms with Gasteiger partial charge in [0.1, 0.15) is 12.4 Å². The highest BCUT2D eigenvalue weighted by atomic mass is 16.5. The van der Waals surface area contributed by atoms with Gasteiger partial charge in [0.25, 0.3) is 11.8 Å². The lowest BCUT2D eigenvalue weighted by atomic mass is 9.85. The molecule has 2 amide bonds. The van der Waals surface area contributed by atoms with E-state index in [1.54, 1.807) is 12.1 Å². The van der Waals surface area contributed by atoms with E-state index in [9.17, 15) is 9.59 Å². The van der Waals surface area contributed by atoms with E-state index >= 15 is 0 Å². The number of rotatable bonds is 10. The van der Waals surface area contributed by atoms with Crippen LogP contribution in [0.4, 0.5) is 5.69 Å². The van der Waals surface area contributed by atoms with Crippen LogP contribution in [0, 0.1) is 0 Å². The van der Waals surface area contributed by atoms with Crippen molar-refractivity contribution in [2.75, 3.05) is 58.4 Å². The Bertz CT molecular complexity index is 1460. The van der Waals surface area contributed by atoms with Crippen LogP contribution in [0.3, 0.4) is 0 Å². The first kappa shape index (κ1) is 30.8. The molecule has 3 aromatic rings. The predicted octanol–water partition coefficient (Wildman–Crippen LogP) is 3.91. The molecule has 0 spiro atoms. The molecule has 4 rings (SSSR count). The second-order valence-corrected chi connectivity index (χ2v) is 11.1. The summed E-state index contributed by atoms with van der Waals surface area (Å²) >= 11 is 0. The van der Waals surface area contributed by atoms with Crippen molar-refractivity contribution in [1.29, 1.82) is 0 Å². The summed E-state index contributed by atoms with van der Waals surface area (Å²) in [5.41, 5.74) is 1.83. The van der Waals surface area contributed by atoms with Gasteiger partial charge in [-0.1, -0.05) is 45.0 Å². The third kappa shape index (κ3) is 7.00. The number of ether oxygens (including phenoxy) is 3. The monoisotopic (exact) mass is 575 g/mol. The molecule has 0 unspecified atom stereocenters. The Morgan fingerprint density at radius 3 is 2.40 bits per heavy atom. The van der Waals surface area contributed by atoms with Gasteiger partial charge in [0.15, 0.2) is 11.5 Å². The molecule has 1 fully saturated rings. The number of anilines is 1. The standard InChI is InChI=1S/C32H41N5O5/c1-6-34-30(38)25-19-21(32(2,3)4)20-26(29(25)40-5)35-31(39)28(36-33)24-11-12-27(23-10-8-7-9-22(23)24)42-18-15-37-13-16-41-17-14-37/h7-12,19-20H,6,13-18,33H2,1-5H3,(H,34,38)(H,35,39)/b36-28-. The molecule has 1 aliphatic rings. The fraction of sp³-hybridized carbons (Fsp3) is 0.406. The zero-order chi connectivity index (χ0) is 30.3. The van der Waals surface area contributed by atoms with Gasteiger partial charge in [-0.2, -0.15) is 5.10 Å². The highest BCUT2D eigenvalue weighted by Crippen LogP contribution is 2.36. The first-order valence-corrected chi connectivity index (χ1v) is 14.2. The molecule has 0 aliphatic carbocycles. The van der Waals surface area contributed by atoms with Crippen molar-refractivity contribution in [3.05, 3.63) is 65.2 Å². The van der Waals surface area contributed by atoms with Crippen molar-refractivity contribution in [2.24, 2.45) is 10.9 Å². The van der Waals surface area contributed by atoms with Gasteiger partial charge in [0, 0.05) is 37.1 Å². The van der Waals surface area contributed by atoms with Crippen molar-refractivity contribution in [2.45, 2.75) is 33.1 Å². The van der Waals surface area contributed by atoms with Gasteiger partial charge in [0.05, 0.1) is 31.6 Å². The maximum absolute atomic E-state index is 13.7. The number of hydrazone groups is 1. The second-order valence-electron chi connectivity index (χ2n) is 11.1. The van der Waals surface area contributed by atoms with Gasteiger partial charge >= 0.3 is 0 Å². The van der Waals surface area contributed by atoms with Crippen LogP contribution in [-0.2, 0) is 14.9 Å². The summed E-state index contributed by atoms with van der Waals surface area (Å²) < 4.78 is 17.2. The van der Waals surface area contributed by atoms with Gasteiger partial charge in [-0.3, -0.25) is 14.5 Å². The average molecular weight is 576 g/mol. The Labute approximate surface area is 247 Å². The minimum absolute atomic E-state index is 0.0360. The lowest BCUT2D eigenvalue weighted by molar-refractivity contribution is -0.110. The van der Waals surface area contributed by atoms with Gasteiger partial charge in [-0.05, 0) is 47.6 Å². The number of amides is 2. The minimum atomic E-state index is -0.533. The van der Waals surface area contributed by atoms with E-state index in [0.29, 0.717) is 35.7 Å². The van der Waals surface area contributed by atoms with Crippen LogP contribution in [0.15, 0.2) is 53.6 Å². The molecule has 42 heavy (non-hydrogen) atoms. The highest BCUT2D eigenvalue weighted by molar-refractivity contribution is 6.50.